The number of benzene rings is 1. The number of amides is 1. The minimum atomic E-state index is -1.49. The van der Waals surface area contributed by atoms with E-state index in [9.17, 15) is 14.4 Å². The summed E-state index contributed by atoms with van der Waals surface area (Å²) in [5.74, 6) is -1.12. The van der Waals surface area contributed by atoms with Crippen LogP contribution in [0.3, 0.4) is 0 Å². The van der Waals surface area contributed by atoms with E-state index in [-0.39, 0.29) is 17.9 Å². The third-order valence-electron chi connectivity index (χ3n) is 6.26. The summed E-state index contributed by atoms with van der Waals surface area (Å²) in [6, 6.07) is 11.5. The van der Waals surface area contributed by atoms with E-state index in [1.54, 1.807) is 17.6 Å². The van der Waals surface area contributed by atoms with E-state index in [0.717, 1.165) is 29.3 Å². The van der Waals surface area contributed by atoms with Gasteiger partial charge in [-0.25, -0.2) is 9.78 Å². The molecule has 0 saturated heterocycles. The van der Waals surface area contributed by atoms with Gasteiger partial charge in [0.05, 0.1) is 23.4 Å². The van der Waals surface area contributed by atoms with Gasteiger partial charge in [-0.1, -0.05) is 38.5 Å². The molecular formula is C24H23N3O4. The lowest BCUT2D eigenvalue weighted by Gasteiger charge is -2.26. The van der Waals surface area contributed by atoms with Gasteiger partial charge in [0.2, 0.25) is 5.60 Å². The van der Waals surface area contributed by atoms with Crippen molar-refractivity contribution in [2.75, 3.05) is 6.54 Å². The van der Waals surface area contributed by atoms with Gasteiger partial charge in [-0.05, 0) is 31.0 Å². The molecule has 2 aromatic heterocycles. The van der Waals surface area contributed by atoms with Crippen LogP contribution >= 0.6 is 0 Å². The first-order chi connectivity index (χ1) is 15.0. The van der Waals surface area contributed by atoms with Crippen molar-refractivity contribution < 1.29 is 14.3 Å². The molecule has 1 aromatic carbocycles. The highest BCUT2D eigenvalue weighted by Gasteiger charge is 2.52. The van der Waals surface area contributed by atoms with Crippen LogP contribution in [0.15, 0.2) is 41.2 Å². The molecule has 0 bridgehead atoms. The molecule has 1 atom stereocenters. The molecule has 0 spiro atoms. The van der Waals surface area contributed by atoms with Crippen LogP contribution in [0.5, 0.6) is 0 Å². The predicted molar refractivity (Wildman–Crippen MR) is 116 cm³/mol. The van der Waals surface area contributed by atoms with E-state index < -0.39 is 17.1 Å². The van der Waals surface area contributed by atoms with Crippen molar-refractivity contribution in [3.63, 3.8) is 0 Å². The van der Waals surface area contributed by atoms with Crippen LogP contribution in [0.2, 0.25) is 0 Å². The Labute approximate surface area is 179 Å². The SMILES string of the molecule is CCCCNC(=O)[C@]1(CC)OC(=O)c2c1cc1n(c2=O)Cc2cc3ccccc3nc2-1. The zero-order chi connectivity index (χ0) is 21.8. The first-order valence-corrected chi connectivity index (χ1v) is 10.7. The molecule has 0 saturated carbocycles. The van der Waals surface area contributed by atoms with Gasteiger partial charge in [0.15, 0.2) is 0 Å². The number of aromatic nitrogens is 2. The van der Waals surface area contributed by atoms with Gasteiger partial charge in [0, 0.05) is 23.1 Å². The minimum Gasteiger partial charge on any atom is -0.440 e. The van der Waals surface area contributed by atoms with Crippen LogP contribution in [0.1, 0.15) is 54.6 Å². The molecule has 2 aliphatic rings. The zero-order valence-electron chi connectivity index (χ0n) is 17.5. The number of esters is 1. The number of para-hydroxylation sites is 1. The minimum absolute atomic E-state index is 0.0476. The van der Waals surface area contributed by atoms with Crippen molar-refractivity contribution in [3.8, 4) is 11.4 Å². The molecular weight excluding hydrogens is 394 g/mol. The highest BCUT2D eigenvalue weighted by atomic mass is 16.6. The van der Waals surface area contributed by atoms with Crippen molar-refractivity contribution in [3.05, 3.63) is 63.4 Å². The summed E-state index contributed by atoms with van der Waals surface area (Å²) < 4.78 is 7.15. The number of fused-ring (bicyclic) bond motifs is 5. The molecule has 7 nitrogen and oxygen atoms in total. The number of carbonyl (C=O) groups is 2. The molecule has 0 radical (unpaired) electrons. The molecule has 1 N–H and O–H groups in total. The first kappa shape index (κ1) is 19.5. The lowest BCUT2D eigenvalue weighted by atomic mass is 9.88. The lowest BCUT2D eigenvalue weighted by molar-refractivity contribution is -0.140. The van der Waals surface area contributed by atoms with Crippen molar-refractivity contribution >= 4 is 22.8 Å². The quantitative estimate of drug-likeness (QED) is 0.398. The molecule has 5 rings (SSSR count). The van der Waals surface area contributed by atoms with Crippen LogP contribution in [0.25, 0.3) is 22.3 Å². The fourth-order valence-electron chi connectivity index (χ4n) is 4.57. The summed E-state index contributed by atoms with van der Waals surface area (Å²) in [4.78, 5) is 43.9. The summed E-state index contributed by atoms with van der Waals surface area (Å²) in [5, 5.41) is 3.86. The number of ether oxygens (including phenoxy) is 1. The van der Waals surface area contributed by atoms with Gasteiger partial charge in [-0.3, -0.25) is 9.59 Å². The van der Waals surface area contributed by atoms with Crippen LogP contribution in [0.4, 0.5) is 0 Å². The summed E-state index contributed by atoms with van der Waals surface area (Å²) in [6.07, 6.45) is 2.00. The number of unbranched alkanes of at least 4 members (excludes halogenated alkanes) is 1. The summed E-state index contributed by atoms with van der Waals surface area (Å²) >= 11 is 0. The fourth-order valence-corrected chi connectivity index (χ4v) is 4.57. The highest BCUT2D eigenvalue weighted by molar-refractivity contribution is 6.02. The second-order valence-corrected chi connectivity index (χ2v) is 8.08. The number of hydrogen-bond donors (Lipinski definition) is 1. The number of pyridine rings is 2. The Bertz CT molecular complexity index is 1310. The smallest absolute Gasteiger partial charge is 0.345 e. The van der Waals surface area contributed by atoms with Crippen LogP contribution in [-0.2, 0) is 21.7 Å². The van der Waals surface area contributed by atoms with Crippen molar-refractivity contribution in [1.82, 2.24) is 14.9 Å². The Morgan fingerprint density at radius 1 is 1.23 bits per heavy atom. The van der Waals surface area contributed by atoms with Gasteiger partial charge in [-0.2, -0.15) is 0 Å². The van der Waals surface area contributed by atoms with E-state index >= 15 is 0 Å². The number of hydrogen-bond acceptors (Lipinski definition) is 5. The van der Waals surface area contributed by atoms with E-state index in [1.165, 1.54) is 0 Å². The van der Waals surface area contributed by atoms with Gasteiger partial charge in [-0.15, -0.1) is 0 Å². The zero-order valence-corrected chi connectivity index (χ0v) is 17.5. The van der Waals surface area contributed by atoms with Crippen LogP contribution in [-0.4, -0.2) is 28.0 Å². The highest BCUT2D eigenvalue weighted by Crippen LogP contribution is 2.42. The average molecular weight is 417 g/mol. The number of nitrogens with zero attached hydrogens (tertiary/aromatic N) is 2. The first-order valence-electron chi connectivity index (χ1n) is 10.7. The van der Waals surface area contributed by atoms with Crippen molar-refractivity contribution in [1.29, 1.82) is 0 Å². The maximum atomic E-state index is 13.3. The van der Waals surface area contributed by atoms with Gasteiger partial charge >= 0.3 is 5.97 Å². The molecule has 1 amide bonds. The molecule has 7 heteroatoms. The second-order valence-electron chi connectivity index (χ2n) is 8.08. The monoisotopic (exact) mass is 417 g/mol. The Morgan fingerprint density at radius 2 is 2.03 bits per heavy atom. The van der Waals surface area contributed by atoms with E-state index in [1.807, 2.05) is 37.3 Å². The topological polar surface area (TPSA) is 90.3 Å². The second kappa shape index (κ2) is 7.04. The molecule has 0 unspecified atom stereocenters. The predicted octanol–water partition coefficient (Wildman–Crippen LogP) is 3.12. The molecule has 31 heavy (non-hydrogen) atoms. The molecule has 4 heterocycles. The summed E-state index contributed by atoms with van der Waals surface area (Å²) in [5.41, 5.74) is 1.43. The Kier molecular flexibility index (Phi) is 4.43. The third kappa shape index (κ3) is 2.72. The van der Waals surface area contributed by atoms with E-state index in [2.05, 4.69) is 5.32 Å². The molecule has 0 aliphatic carbocycles. The lowest BCUT2D eigenvalue weighted by Crippen LogP contribution is -2.45. The molecule has 0 fully saturated rings. The largest absolute Gasteiger partial charge is 0.440 e. The fraction of sp³-hybridized carbons (Fsp3) is 0.333. The average Bonchev–Trinajstić information content (AvgIpc) is 3.28. The number of carbonyl (C=O) groups excluding carboxylic acids is 2. The van der Waals surface area contributed by atoms with E-state index in [0.29, 0.717) is 30.0 Å². The van der Waals surface area contributed by atoms with Crippen LogP contribution in [0, 0.1) is 0 Å². The maximum Gasteiger partial charge on any atom is 0.345 e. The Morgan fingerprint density at radius 3 is 2.81 bits per heavy atom. The Hall–Kier alpha value is -3.48. The number of nitrogens with one attached hydrogen (secondary N) is 1. The molecule has 2 aliphatic heterocycles. The molecule has 3 aromatic rings. The molecule has 158 valence electrons. The number of rotatable bonds is 5. The Balaban J connectivity index is 1.68. The van der Waals surface area contributed by atoms with Gasteiger partial charge in [0.1, 0.15) is 5.56 Å². The normalized spacial score (nSPS) is 18.5. The van der Waals surface area contributed by atoms with Crippen molar-refractivity contribution in [2.24, 2.45) is 0 Å². The van der Waals surface area contributed by atoms with Gasteiger partial charge in [0.25, 0.3) is 11.5 Å². The van der Waals surface area contributed by atoms with Crippen molar-refractivity contribution in [2.45, 2.75) is 45.3 Å². The van der Waals surface area contributed by atoms with Gasteiger partial charge < -0.3 is 14.6 Å². The van der Waals surface area contributed by atoms with Crippen LogP contribution < -0.4 is 10.9 Å². The van der Waals surface area contributed by atoms with E-state index in [4.69, 9.17) is 9.72 Å². The maximum absolute atomic E-state index is 13.3. The number of cyclic esters (lactones) is 1. The third-order valence-corrected chi connectivity index (χ3v) is 6.26. The standard InChI is InChI=1S/C24H23N3O4/c1-3-5-10-25-23(30)24(4-2)16-12-18-20-15(11-14-8-6-7-9-17(14)26-20)13-27(18)21(28)19(16)22(29)31-24/h6-9,11-12H,3-5,10,13H2,1-2H3,(H,25,30)/t24-/m1/s1. The summed E-state index contributed by atoms with van der Waals surface area (Å²) in [6.45, 7) is 4.64. The summed E-state index contributed by atoms with van der Waals surface area (Å²) in [7, 11) is 0.